The summed E-state index contributed by atoms with van der Waals surface area (Å²) >= 11 is 1.52. The lowest BCUT2D eigenvalue weighted by molar-refractivity contribution is 0.122. The molecule has 0 aliphatic carbocycles. The quantitative estimate of drug-likeness (QED) is 0.761. The maximum absolute atomic E-state index is 5.46. The Kier molecular flexibility index (Phi) is 4.85. The van der Waals surface area contributed by atoms with E-state index in [2.05, 4.69) is 49.7 Å². The number of nitrogens with one attached hydrogen (secondary N) is 1. The molecule has 0 amide bonds. The average Bonchev–Trinajstić information content (AvgIpc) is 3.17. The molecule has 0 bridgehead atoms. The number of morpholine rings is 1. The molecule has 1 aliphatic heterocycles. The zero-order chi connectivity index (χ0) is 16.9. The molecular formula is C18H19N5OS. The minimum Gasteiger partial charge on any atom is -0.378 e. The van der Waals surface area contributed by atoms with E-state index in [0.29, 0.717) is 6.54 Å². The van der Waals surface area contributed by atoms with E-state index in [1.54, 1.807) is 6.20 Å². The van der Waals surface area contributed by atoms with Crippen molar-refractivity contribution in [2.75, 3.05) is 36.5 Å². The molecule has 0 unspecified atom stereocenters. The number of hydrogen-bond acceptors (Lipinski definition) is 7. The molecule has 25 heavy (non-hydrogen) atoms. The molecular weight excluding hydrogens is 334 g/mol. The van der Waals surface area contributed by atoms with Crippen LogP contribution in [0.1, 0.15) is 5.56 Å². The van der Waals surface area contributed by atoms with E-state index >= 15 is 0 Å². The lowest BCUT2D eigenvalue weighted by atomic mass is 10.1. The third kappa shape index (κ3) is 3.78. The van der Waals surface area contributed by atoms with Crippen molar-refractivity contribution < 1.29 is 4.74 Å². The Balaban J connectivity index is 1.46. The molecule has 3 aromatic rings. The monoisotopic (exact) mass is 353 g/mol. The summed E-state index contributed by atoms with van der Waals surface area (Å²) in [5.41, 5.74) is 3.36. The Morgan fingerprint density at radius 2 is 1.88 bits per heavy atom. The van der Waals surface area contributed by atoms with E-state index in [1.807, 2.05) is 18.2 Å². The fraction of sp³-hybridized carbons (Fsp3) is 0.278. The Labute approximate surface area is 150 Å². The maximum atomic E-state index is 5.46. The molecule has 1 N–H and O–H groups in total. The van der Waals surface area contributed by atoms with Gasteiger partial charge in [0.2, 0.25) is 5.13 Å². The summed E-state index contributed by atoms with van der Waals surface area (Å²) < 4.78 is 5.46. The first-order valence-corrected chi connectivity index (χ1v) is 9.11. The average molecular weight is 353 g/mol. The second-order valence-corrected chi connectivity index (χ2v) is 6.69. The first kappa shape index (κ1) is 16.0. The highest BCUT2D eigenvalue weighted by molar-refractivity contribution is 7.18. The summed E-state index contributed by atoms with van der Waals surface area (Å²) in [4.78, 5) is 6.69. The number of ether oxygens (including phenoxy) is 1. The van der Waals surface area contributed by atoms with Crippen LogP contribution in [-0.4, -0.2) is 41.5 Å². The van der Waals surface area contributed by atoms with Crippen LogP contribution in [0.2, 0.25) is 0 Å². The number of benzene rings is 1. The van der Waals surface area contributed by atoms with Gasteiger partial charge < -0.3 is 15.0 Å². The van der Waals surface area contributed by atoms with Gasteiger partial charge in [0.25, 0.3) is 0 Å². The molecule has 0 saturated carbocycles. The molecule has 128 valence electrons. The molecule has 1 saturated heterocycles. The SMILES string of the molecule is c1ccc(-c2nnc(NCc3ccccc3N3CCOCC3)s2)nc1. The fourth-order valence-corrected chi connectivity index (χ4v) is 3.55. The van der Waals surface area contributed by atoms with Crippen molar-refractivity contribution in [2.24, 2.45) is 0 Å². The van der Waals surface area contributed by atoms with Crippen LogP contribution < -0.4 is 10.2 Å². The molecule has 1 fully saturated rings. The van der Waals surface area contributed by atoms with E-state index in [1.165, 1.54) is 22.6 Å². The van der Waals surface area contributed by atoms with Crippen molar-refractivity contribution in [3.63, 3.8) is 0 Å². The Hall–Kier alpha value is -2.51. The van der Waals surface area contributed by atoms with Gasteiger partial charge >= 0.3 is 0 Å². The number of hydrogen-bond donors (Lipinski definition) is 1. The van der Waals surface area contributed by atoms with Crippen LogP contribution in [0.4, 0.5) is 10.8 Å². The molecule has 0 spiro atoms. The molecule has 0 radical (unpaired) electrons. The van der Waals surface area contributed by atoms with Gasteiger partial charge in [-0.2, -0.15) is 0 Å². The Morgan fingerprint density at radius 3 is 2.72 bits per heavy atom. The highest BCUT2D eigenvalue weighted by Gasteiger charge is 2.14. The summed E-state index contributed by atoms with van der Waals surface area (Å²) in [5.74, 6) is 0. The van der Waals surface area contributed by atoms with Crippen LogP contribution in [0, 0.1) is 0 Å². The fourth-order valence-electron chi connectivity index (χ4n) is 2.83. The van der Waals surface area contributed by atoms with Gasteiger partial charge in [0.1, 0.15) is 5.69 Å². The number of pyridine rings is 1. The second kappa shape index (κ2) is 7.58. The molecule has 1 aliphatic rings. The smallest absolute Gasteiger partial charge is 0.206 e. The largest absolute Gasteiger partial charge is 0.378 e. The normalized spacial score (nSPS) is 14.5. The third-order valence-corrected chi connectivity index (χ3v) is 4.99. The van der Waals surface area contributed by atoms with Crippen LogP contribution in [0.25, 0.3) is 10.7 Å². The number of para-hydroxylation sites is 1. The van der Waals surface area contributed by atoms with Gasteiger partial charge in [-0.1, -0.05) is 35.6 Å². The highest BCUT2D eigenvalue weighted by Crippen LogP contribution is 2.26. The molecule has 6 nitrogen and oxygen atoms in total. The summed E-state index contributed by atoms with van der Waals surface area (Å²) in [6.07, 6.45) is 1.77. The summed E-state index contributed by atoms with van der Waals surface area (Å²) in [5, 5.41) is 13.5. The predicted molar refractivity (Wildman–Crippen MR) is 99.9 cm³/mol. The summed E-state index contributed by atoms with van der Waals surface area (Å²) in [7, 11) is 0. The molecule has 1 aromatic carbocycles. The van der Waals surface area contributed by atoms with Gasteiger partial charge in [-0.25, -0.2) is 0 Å². The number of aromatic nitrogens is 3. The minimum atomic E-state index is 0.713. The molecule has 2 aromatic heterocycles. The molecule has 4 rings (SSSR count). The molecule has 0 atom stereocenters. The summed E-state index contributed by atoms with van der Waals surface area (Å²) in [6, 6.07) is 14.3. The van der Waals surface area contributed by atoms with Crippen molar-refractivity contribution in [1.82, 2.24) is 15.2 Å². The zero-order valence-electron chi connectivity index (χ0n) is 13.8. The van der Waals surface area contributed by atoms with Crippen molar-refractivity contribution in [3.05, 3.63) is 54.2 Å². The summed E-state index contributed by atoms with van der Waals surface area (Å²) in [6.45, 7) is 4.14. The van der Waals surface area contributed by atoms with E-state index in [-0.39, 0.29) is 0 Å². The van der Waals surface area contributed by atoms with E-state index < -0.39 is 0 Å². The predicted octanol–water partition coefficient (Wildman–Crippen LogP) is 3.05. The van der Waals surface area contributed by atoms with E-state index in [9.17, 15) is 0 Å². The number of nitrogens with zero attached hydrogens (tertiary/aromatic N) is 4. The highest BCUT2D eigenvalue weighted by atomic mass is 32.1. The lowest BCUT2D eigenvalue weighted by Gasteiger charge is -2.30. The topological polar surface area (TPSA) is 63.2 Å². The second-order valence-electron chi connectivity index (χ2n) is 5.71. The minimum absolute atomic E-state index is 0.713. The first-order valence-electron chi connectivity index (χ1n) is 8.29. The Morgan fingerprint density at radius 1 is 1.04 bits per heavy atom. The van der Waals surface area contributed by atoms with Crippen LogP contribution in [0.3, 0.4) is 0 Å². The number of rotatable bonds is 5. The van der Waals surface area contributed by atoms with Crippen molar-refractivity contribution in [3.8, 4) is 10.7 Å². The number of anilines is 2. The van der Waals surface area contributed by atoms with Crippen LogP contribution in [-0.2, 0) is 11.3 Å². The third-order valence-electron chi connectivity index (χ3n) is 4.08. The van der Waals surface area contributed by atoms with E-state index in [0.717, 1.165) is 42.1 Å². The zero-order valence-corrected chi connectivity index (χ0v) is 14.6. The van der Waals surface area contributed by atoms with Gasteiger partial charge in [0, 0.05) is 31.5 Å². The maximum Gasteiger partial charge on any atom is 0.206 e. The van der Waals surface area contributed by atoms with Crippen molar-refractivity contribution in [1.29, 1.82) is 0 Å². The van der Waals surface area contributed by atoms with E-state index in [4.69, 9.17) is 4.74 Å². The molecule has 3 heterocycles. The standard InChI is InChI=1S/C18H19N5OS/c1-2-7-16(23-9-11-24-12-10-23)14(5-1)13-20-18-22-21-17(25-18)15-6-3-4-8-19-15/h1-8H,9-13H2,(H,20,22). The van der Waals surface area contributed by atoms with Crippen LogP contribution >= 0.6 is 11.3 Å². The lowest BCUT2D eigenvalue weighted by Crippen LogP contribution is -2.36. The van der Waals surface area contributed by atoms with Gasteiger partial charge in [-0.15, -0.1) is 10.2 Å². The van der Waals surface area contributed by atoms with Gasteiger partial charge in [-0.05, 0) is 23.8 Å². The molecule has 7 heteroatoms. The Bertz CT molecular complexity index is 817. The van der Waals surface area contributed by atoms with Gasteiger partial charge in [0.15, 0.2) is 5.01 Å². The van der Waals surface area contributed by atoms with Crippen LogP contribution in [0.15, 0.2) is 48.7 Å². The van der Waals surface area contributed by atoms with Crippen LogP contribution in [0.5, 0.6) is 0 Å². The van der Waals surface area contributed by atoms with Crippen molar-refractivity contribution >= 4 is 22.2 Å². The van der Waals surface area contributed by atoms with Gasteiger partial charge in [-0.3, -0.25) is 4.98 Å². The first-order chi connectivity index (χ1) is 12.4. The van der Waals surface area contributed by atoms with Gasteiger partial charge in [0.05, 0.1) is 13.2 Å². The van der Waals surface area contributed by atoms with Crippen molar-refractivity contribution in [2.45, 2.75) is 6.54 Å².